The second-order valence-electron chi connectivity index (χ2n) is 9.52. The quantitative estimate of drug-likeness (QED) is 0.0953. The molecule has 1 heterocycles. The van der Waals surface area contributed by atoms with Gasteiger partial charge in [-0.25, -0.2) is 4.79 Å². The molecular formula is C24H43N7O7. The fraction of sp³-hybridized carbons (Fsp3) is 0.750. The zero-order valence-corrected chi connectivity index (χ0v) is 22.1. The van der Waals surface area contributed by atoms with Crippen molar-refractivity contribution in [3.05, 3.63) is 0 Å². The molecule has 14 nitrogen and oxygen atoms in total. The van der Waals surface area contributed by atoms with E-state index in [2.05, 4.69) is 16.0 Å². The highest BCUT2D eigenvalue weighted by Gasteiger charge is 2.37. The van der Waals surface area contributed by atoms with Gasteiger partial charge in [0.25, 0.3) is 0 Å². The molecule has 216 valence electrons. The normalized spacial score (nSPS) is 17.2. The summed E-state index contributed by atoms with van der Waals surface area (Å²) in [5.74, 6) is -3.62. The molecule has 0 spiro atoms. The van der Waals surface area contributed by atoms with Crippen LogP contribution in [0.2, 0.25) is 0 Å². The van der Waals surface area contributed by atoms with E-state index < -0.39 is 53.8 Å². The average molecular weight is 542 g/mol. The van der Waals surface area contributed by atoms with Crippen molar-refractivity contribution in [3.63, 3.8) is 0 Å². The fourth-order valence-corrected chi connectivity index (χ4v) is 4.23. The Labute approximate surface area is 222 Å². The van der Waals surface area contributed by atoms with Gasteiger partial charge in [-0.15, -0.1) is 0 Å². The smallest absolute Gasteiger partial charge is 0.326 e. The number of carbonyl (C=O) groups excluding carboxylic acids is 5. The SMILES string of the molecule is CC(=O)NCCCC[C@H](NC(=O)[C@H](CCCCN)NC(=O)[C@@H]1CCCN1C(=O)[C@@H](N)CCC(N)=O)C(=O)O. The van der Waals surface area contributed by atoms with E-state index >= 15 is 0 Å². The van der Waals surface area contributed by atoms with Crippen molar-refractivity contribution in [2.75, 3.05) is 19.6 Å². The lowest BCUT2D eigenvalue weighted by Gasteiger charge is -2.28. The van der Waals surface area contributed by atoms with E-state index in [-0.39, 0.29) is 31.6 Å². The molecule has 1 fully saturated rings. The lowest BCUT2D eigenvalue weighted by atomic mass is 10.0. The third-order valence-corrected chi connectivity index (χ3v) is 6.35. The number of nitrogens with zero attached hydrogens (tertiary/aromatic N) is 1. The minimum atomic E-state index is -1.21. The van der Waals surface area contributed by atoms with E-state index in [1.165, 1.54) is 11.8 Å². The van der Waals surface area contributed by atoms with Crippen molar-refractivity contribution in [1.29, 1.82) is 0 Å². The largest absolute Gasteiger partial charge is 0.480 e. The number of unbranched alkanes of at least 4 members (excludes halogenated alkanes) is 2. The number of carboxylic acid groups (broad SMARTS) is 1. The number of nitrogens with two attached hydrogens (primary N) is 3. The summed E-state index contributed by atoms with van der Waals surface area (Å²) >= 11 is 0. The van der Waals surface area contributed by atoms with Gasteiger partial charge < -0.3 is 43.2 Å². The molecule has 14 heteroatoms. The van der Waals surface area contributed by atoms with Crippen LogP contribution in [0, 0.1) is 0 Å². The van der Waals surface area contributed by atoms with Gasteiger partial charge in [-0.1, -0.05) is 0 Å². The predicted octanol–water partition coefficient (Wildman–Crippen LogP) is -1.94. The van der Waals surface area contributed by atoms with Crippen molar-refractivity contribution in [2.45, 2.75) is 95.3 Å². The van der Waals surface area contributed by atoms with Gasteiger partial charge in [0.05, 0.1) is 6.04 Å². The molecule has 1 saturated heterocycles. The van der Waals surface area contributed by atoms with Gasteiger partial charge in [-0.2, -0.15) is 0 Å². The van der Waals surface area contributed by atoms with Crippen molar-refractivity contribution in [3.8, 4) is 0 Å². The number of hydrogen-bond donors (Lipinski definition) is 7. The number of aliphatic carboxylic acids is 1. The van der Waals surface area contributed by atoms with Crippen molar-refractivity contribution in [1.82, 2.24) is 20.9 Å². The molecule has 0 aromatic rings. The first-order chi connectivity index (χ1) is 18.0. The summed E-state index contributed by atoms with van der Waals surface area (Å²) in [5.41, 5.74) is 16.6. The Balaban J connectivity index is 2.83. The van der Waals surface area contributed by atoms with Crippen LogP contribution < -0.4 is 33.2 Å². The summed E-state index contributed by atoms with van der Waals surface area (Å²) in [6.07, 6.45) is 3.46. The zero-order chi connectivity index (χ0) is 28.7. The van der Waals surface area contributed by atoms with Crippen molar-refractivity contribution in [2.24, 2.45) is 17.2 Å². The highest BCUT2D eigenvalue weighted by atomic mass is 16.4. The first-order valence-corrected chi connectivity index (χ1v) is 13.1. The fourth-order valence-electron chi connectivity index (χ4n) is 4.23. The van der Waals surface area contributed by atoms with E-state index in [1.807, 2.05) is 0 Å². The Hall–Kier alpha value is -3.26. The molecule has 4 atom stereocenters. The van der Waals surface area contributed by atoms with Crippen LogP contribution in [0.4, 0.5) is 0 Å². The molecule has 0 aliphatic carbocycles. The monoisotopic (exact) mass is 541 g/mol. The second-order valence-corrected chi connectivity index (χ2v) is 9.52. The Bertz CT molecular complexity index is 839. The van der Waals surface area contributed by atoms with Crippen molar-refractivity contribution >= 4 is 35.5 Å². The standard InChI is InChI=1S/C24H43N7O7/c1-15(32)28-13-5-3-8-18(24(37)38)30-21(34)17(7-2-4-12-25)29-22(35)19-9-6-14-31(19)23(36)16(26)10-11-20(27)33/h16-19H,2-14,25-26H2,1H3,(H2,27,33)(H,28,32)(H,29,35)(H,30,34)(H,37,38)/t16-,17-,18-,19-/m0/s1. The van der Waals surface area contributed by atoms with Crippen LogP contribution in [0.1, 0.15) is 71.1 Å². The average Bonchev–Trinajstić information content (AvgIpc) is 3.35. The van der Waals surface area contributed by atoms with Crippen LogP contribution >= 0.6 is 0 Å². The summed E-state index contributed by atoms with van der Waals surface area (Å²) in [7, 11) is 0. The third-order valence-electron chi connectivity index (χ3n) is 6.35. The van der Waals surface area contributed by atoms with E-state index in [4.69, 9.17) is 17.2 Å². The molecule has 0 saturated carbocycles. The Morgan fingerprint density at radius 3 is 2.24 bits per heavy atom. The van der Waals surface area contributed by atoms with Gasteiger partial charge in [-0.3, -0.25) is 24.0 Å². The first-order valence-electron chi connectivity index (χ1n) is 13.1. The summed E-state index contributed by atoms with van der Waals surface area (Å²) in [4.78, 5) is 74.0. The van der Waals surface area contributed by atoms with E-state index in [9.17, 15) is 33.9 Å². The number of carbonyl (C=O) groups is 6. The van der Waals surface area contributed by atoms with Gasteiger partial charge in [0.15, 0.2) is 0 Å². The molecule has 0 radical (unpaired) electrons. The number of amides is 5. The van der Waals surface area contributed by atoms with Gasteiger partial charge in [0.1, 0.15) is 18.1 Å². The molecular weight excluding hydrogens is 498 g/mol. The maximum Gasteiger partial charge on any atom is 0.326 e. The van der Waals surface area contributed by atoms with Gasteiger partial charge >= 0.3 is 5.97 Å². The number of hydrogen-bond acceptors (Lipinski definition) is 8. The number of carboxylic acids is 1. The van der Waals surface area contributed by atoms with Crippen LogP contribution in [0.5, 0.6) is 0 Å². The summed E-state index contributed by atoms with van der Waals surface area (Å²) in [6.45, 7) is 2.49. The number of likely N-dealkylation sites (tertiary alicyclic amines) is 1. The second kappa shape index (κ2) is 17.3. The molecule has 1 aliphatic rings. The molecule has 1 aliphatic heterocycles. The highest BCUT2D eigenvalue weighted by Crippen LogP contribution is 2.20. The molecule has 0 unspecified atom stereocenters. The number of primary amides is 1. The summed E-state index contributed by atoms with van der Waals surface area (Å²) in [5, 5.41) is 17.4. The van der Waals surface area contributed by atoms with Crippen LogP contribution in [0.3, 0.4) is 0 Å². The molecule has 38 heavy (non-hydrogen) atoms. The van der Waals surface area contributed by atoms with E-state index in [0.29, 0.717) is 58.2 Å². The molecule has 0 aromatic heterocycles. The van der Waals surface area contributed by atoms with Crippen LogP contribution in [0.25, 0.3) is 0 Å². The highest BCUT2D eigenvalue weighted by molar-refractivity contribution is 5.94. The molecule has 0 aromatic carbocycles. The van der Waals surface area contributed by atoms with Crippen LogP contribution in [0.15, 0.2) is 0 Å². The Morgan fingerprint density at radius 2 is 1.63 bits per heavy atom. The van der Waals surface area contributed by atoms with Crippen LogP contribution in [-0.4, -0.2) is 89.3 Å². The molecule has 10 N–H and O–H groups in total. The molecule has 0 bridgehead atoms. The molecule has 1 rings (SSSR count). The summed E-state index contributed by atoms with van der Waals surface area (Å²) in [6, 6.07) is -4.00. The minimum Gasteiger partial charge on any atom is -0.480 e. The van der Waals surface area contributed by atoms with Crippen LogP contribution in [-0.2, 0) is 28.8 Å². The van der Waals surface area contributed by atoms with E-state index in [0.717, 1.165) is 0 Å². The maximum atomic E-state index is 13.1. The number of nitrogens with one attached hydrogen (secondary N) is 3. The molecule has 5 amide bonds. The third kappa shape index (κ3) is 11.9. The van der Waals surface area contributed by atoms with Gasteiger partial charge in [0.2, 0.25) is 29.5 Å². The first kappa shape index (κ1) is 32.8. The van der Waals surface area contributed by atoms with Gasteiger partial charge in [0, 0.05) is 26.4 Å². The topological polar surface area (TPSA) is 240 Å². The maximum absolute atomic E-state index is 13.1. The lowest BCUT2D eigenvalue weighted by molar-refractivity contribution is -0.143. The number of rotatable bonds is 18. The Morgan fingerprint density at radius 1 is 0.974 bits per heavy atom. The Kier molecular flexibility index (Phi) is 14.9. The van der Waals surface area contributed by atoms with E-state index in [1.54, 1.807) is 0 Å². The van der Waals surface area contributed by atoms with Gasteiger partial charge in [-0.05, 0) is 64.3 Å². The lowest BCUT2D eigenvalue weighted by Crippen LogP contribution is -2.56. The van der Waals surface area contributed by atoms with Crippen molar-refractivity contribution < 1.29 is 33.9 Å². The minimum absolute atomic E-state index is 0.0566. The summed E-state index contributed by atoms with van der Waals surface area (Å²) < 4.78 is 0. The zero-order valence-electron chi connectivity index (χ0n) is 22.1. The predicted molar refractivity (Wildman–Crippen MR) is 138 cm³/mol.